The lowest BCUT2D eigenvalue weighted by atomic mass is 10.1. The largest absolute Gasteiger partial charge is 0.335 e. The van der Waals surface area contributed by atoms with Gasteiger partial charge in [-0.15, -0.1) is 0 Å². The SMILES string of the molecule is Cn1ccnc1C1(F)CCNC1. The number of hydrogen-bond donors (Lipinski definition) is 1. The molecule has 0 amide bonds. The molecular weight excluding hydrogens is 157 g/mol. The summed E-state index contributed by atoms with van der Waals surface area (Å²) in [5.41, 5.74) is -1.25. The van der Waals surface area contributed by atoms with Crippen LogP contribution in [0.1, 0.15) is 12.2 Å². The van der Waals surface area contributed by atoms with Crippen LogP contribution in [0.25, 0.3) is 0 Å². The summed E-state index contributed by atoms with van der Waals surface area (Å²) in [6.07, 6.45) is 3.93. The second kappa shape index (κ2) is 2.55. The maximum Gasteiger partial charge on any atom is 0.181 e. The Balaban J connectivity index is 2.34. The summed E-state index contributed by atoms with van der Waals surface area (Å²) in [5, 5.41) is 3.00. The van der Waals surface area contributed by atoms with Crippen LogP contribution in [0.5, 0.6) is 0 Å². The zero-order valence-corrected chi connectivity index (χ0v) is 7.05. The molecule has 2 heterocycles. The molecular formula is C8H12FN3. The third-order valence-corrected chi connectivity index (χ3v) is 2.33. The molecule has 0 bridgehead atoms. The van der Waals surface area contributed by atoms with E-state index in [2.05, 4.69) is 10.3 Å². The Kier molecular flexibility index (Phi) is 1.65. The minimum Gasteiger partial charge on any atom is -0.335 e. The van der Waals surface area contributed by atoms with Crippen molar-refractivity contribution in [1.82, 2.24) is 14.9 Å². The van der Waals surface area contributed by atoms with Crippen molar-refractivity contribution in [3.8, 4) is 0 Å². The Morgan fingerprint density at radius 1 is 1.75 bits per heavy atom. The van der Waals surface area contributed by atoms with Gasteiger partial charge in [0, 0.05) is 32.4 Å². The summed E-state index contributed by atoms with van der Waals surface area (Å²) in [4.78, 5) is 4.02. The summed E-state index contributed by atoms with van der Waals surface area (Å²) in [7, 11) is 1.82. The van der Waals surface area contributed by atoms with Crippen molar-refractivity contribution in [1.29, 1.82) is 0 Å². The minimum absolute atomic E-state index is 0.387. The molecule has 1 fully saturated rings. The number of halogens is 1. The Hall–Kier alpha value is -0.900. The van der Waals surface area contributed by atoms with Crippen molar-refractivity contribution in [3.05, 3.63) is 18.2 Å². The minimum atomic E-state index is -1.25. The van der Waals surface area contributed by atoms with Gasteiger partial charge in [0.05, 0.1) is 0 Å². The number of hydrogen-bond acceptors (Lipinski definition) is 2. The van der Waals surface area contributed by atoms with Crippen molar-refractivity contribution < 1.29 is 4.39 Å². The van der Waals surface area contributed by atoms with E-state index >= 15 is 0 Å². The van der Waals surface area contributed by atoms with Crippen LogP contribution in [-0.4, -0.2) is 22.6 Å². The van der Waals surface area contributed by atoms with Gasteiger partial charge in [-0.25, -0.2) is 9.37 Å². The van der Waals surface area contributed by atoms with Gasteiger partial charge < -0.3 is 9.88 Å². The van der Waals surface area contributed by atoms with Gasteiger partial charge in [-0.2, -0.15) is 0 Å². The third-order valence-electron chi connectivity index (χ3n) is 2.33. The molecule has 1 aromatic heterocycles. The van der Waals surface area contributed by atoms with Crippen LogP contribution in [-0.2, 0) is 12.7 Å². The third kappa shape index (κ3) is 1.03. The second-order valence-corrected chi connectivity index (χ2v) is 3.25. The van der Waals surface area contributed by atoms with Crippen LogP contribution in [0.15, 0.2) is 12.4 Å². The number of nitrogens with one attached hydrogen (secondary N) is 1. The summed E-state index contributed by atoms with van der Waals surface area (Å²) in [5.74, 6) is 0.535. The summed E-state index contributed by atoms with van der Waals surface area (Å²) >= 11 is 0. The molecule has 0 aromatic carbocycles. The topological polar surface area (TPSA) is 29.9 Å². The fourth-order valence-electron chi connectivity index (χ4n) is 1.65. The maximum absolute atomic E-state index is 14.0. The number of alkyl halides is 1. The van der Waals surface area contributed by atoms with Crippen molar-refractivity contribution in [2.45, 2.75) is 12.1 Å². The van der Waals surface area contributed by atoms with E-state index < -0.39 is 5.67 Å². The number of aromatic nitrogens is 2. The molecule has 1 aliphatic heterocycles. The van der Waals surface area contributed by atoms with Crippen molar-refractivity contribution >= 4 is 0 Å². The van der Waals surface area contributed by atoms with Crippen LogP contribution >= 0.6 is 0 Å². The van der Waals surface area contributed by atoms with E-state index in [1.807, 2.05) is 7.05 Å². The summed E-state index contributed by atoms with van der Waals surface area (Å²) in [6.45, 7) is 1.13. The second-order valence-electron chi connectivity index (χ2n) is 3.25. The molecule has 1 aromatic rings. The monoisotopic (exact) mass is 169 g/mol. The van der Waals surface area contributed by atoms with Gasteiger partial charge in [0.1, 0.15) is 5.82 Å². The lowest BCUT2D eigenvalue weighted by Gasteiger charge is -2.16. The van der Waals surface area contributed by atoms with Crippen LogP contribution in [0.4, 0.5) is 4.39 Å². The van der Waals surface area contributed by atoms with E-state index in [1.54, 1.807) is 17.0 Å². The molecule has 4 heteroatoms. The Morgan fingerprint density at radius 3 is 3.08 bits per heavy atom. The highest BCUT2D eigenvalue weighted by Gasteiger charge is 2.38. The molecule has 0 radical (unpaired) electrons. The quantitative estimate of drug-likeness (QED) is 0.666. The Bertz CT molecular complexity index is 276. The molecule has 1 N–H and O–H groups in total. The van der Waals surface area contributed by atoms with Gasteiger partial charge in [0.2, 0.25) is 0 Å². The molecule has 2 rings (SSSR count). The van der Waals surface area contributed by atoms with Gasteiger partial charge >= 0.3 is 0 Å². The highest BCUT2D eigenvalue weighted by molar-refractivity contribution is 5.08. The van der Waals surface area contributed by atoms with E-state index in [0.29, 0.717) is 18.8 Å². The zero-order valence-electron chi connectivity index (χ0n) is 7.05. The fourth-order valence-corrected chi connectivity index (χ4v) is 1.65. The first-order valence-electron chi connectivity index (χ1n) is 4.10. The smallest absolute Gasteiger partial charge is 0.181 e. The van der Waals surface area contributed by atoms with Crippen LogP contribution < -0.4 is 5.32 Å². The molecule has 0 aliphatic carbocycles. The van der Waals surface area contributed by atoms with Crippen molar-refractivity contribution in [3.63, 3.8) is 0 Å². The van der Waals surface area contributed by atoms with Crippen LogP contribution in [0, 0.1) is 0 Å². The predicted molar refractivity (Wildman–Crippen MR) is 43.5 cm³/mol. The summed E-state index contributed by atoms with van der Waals surface area (Å²) < 4.78 is 15.7. The first kappa shape index (κ1) is 7.73. The molecule has 1 saturated heterocycles. The standard InChI is InChI=1S/C8H12FN3/c1-12-5-4-11-7(12)8(9)2-3-10-6-8/h4-5,10H,2-3,6H2,1H3. The van der Waals surface area contributed by atoms with Gasteiger partial charge in [-0.05, 0) is 6.54 Å². The Morgan fingerprint density at radius 2 is 2.58 bits per heavy atom. The molecule has 3 nitrogen and oxygen atoms in total. The lowest BCUT2D eigenvalue weighted by Crippen LogP contribution is -2.26. The normalized spacial score (nSPS) is 29.5. The number of aryl methyl sites for hydroxylation is 1. The van der Waals surface area contributed by atoms with E-state index in [1.165, 1.54) is 0 Å². The first-order valence-corrected chi connectivity index (χ1v) is 4.10. The fraction of sp³-hybridized carbons (Fsp3) is 0.625. The van der Waals surface area contributed by atoms with Gasteiger partial charge in [-0.1, -0.05) is 0 Å². The van der Waals surface area contributed by atoms with Gasteiger partial charge in [0.15, 0.2) is 5.67 Å². The predicted octanol–water partition coefficient (Wildman–Crippen LogP) is 0.578. The molecule has 1 atom stereocenters. The van der Waals surface area contributed by atoms with E-state index in [0.717, 1.165) is 6.54 Å². The van der Waals surface area contributed by atoms with E-state index in [-0.39, 0.29) is 0 Å². The maximum atomic E-state index is 14.0. The lowest BCUT2D eigenvalue weighted by molar-refractivity contribution is 0.175. The average molecular weight is 169 g/mol. The highest BCUT2D eigenvalue weighted by Crippen LogP contribution is 2.30. The van der Waals surface area contributed by atoms with E-state index in [4.69, 9.17) is 0 Å². The average Bonchev–Trinajstić information content (AvgIpc) is 2.59. The molecule has 1 unspecified atom stereocenters. The van der Waals surface area contributed by atoms with Gasteiger partial charge in [0.25, 0.3) is 0 Å². The molecule has 66 valence electrons. The first-order chi connectivity index (χ1) is 5.72. The Labute approximate surface area is 70.6 Å². The molecule has 1 aliphatic rings. The number of rotatable bonds is 1. The van der Waals surface area contributed by atoms with Crippen LogP contribution in [0.2, 0.25) is 0 Å². The molecule has 12 heavy (non-hydrogen) atoms. The molecule has 0 saturated carbocycles. The number of nitrogens with zero attached hydrogens (tertiary/aromatic N) is 2. The van der Waals surface area contributed by atoms with Crippen LogP contribution in [0.3, 0.4) is 0 Å². The van der Waals surface area contributed by atoms with Crippen molar-refractivity contribution in [2.24, 2.45) is 7.05 Å². The summed E-state index contributed by atoms with van der Waals surface area (Å²) in [6, 6.07) is 0. The van der Waals surface area contributed by atoms with Crippen molar-refractivity contribution in [2.75, 3.05) is 13.1 Å². The van der Waals surface area contributed by atoms with E-state index in [9.17, 15) is 4.39 Å². The highest BCUT2D eigenvalue weighted by atomic mass is 19.1. The van der Waals surface area contributed by atoms with Gasteiger partial charge in [-0.3, -0.25) is 0 Å². The number of imidazole rings is 1. The molecule has 0 spiro atoms. The zero-order chi connectivity index (χ0) is 8.60.